The number of unbranched alkanes of at least 4 members (excludes halogenated alkanes) is 6. The Labute approximate surface area is 223 Å². The first-order chi connectivity index (χ1) is 18.0. The highest BCUT2D eigenvalue weighted by Crippen LogP contribution is 2.54. The molecular formula is C35H39OP. The fourth-order valence-corrected chi connectivity index (χ4v) is 8.90. The molecule has 4 aromatic rings. The van der Waals surface area contributed by atoms with Crippen LogP contribution in [-0.2, 0) is 4.57 Å². The molecule has 0 aromatic heterocycles. The van der Waals surface area contributed by atoms with Crippen molar-refractivity contribution in [2.24, 2.45) is 0 Å². The molecule has 0 bridgehead atoms. The first-order valence-electron chi connectivity index (χ1n) is 14.0. The van der Waals surface area contributed by atoms with Crippen LogP contribution in [0.4, 0.5) is 0 Å². The van der Waals surface area contributed by atoms with Crippen LogP contribution in [-0.4, -0.2) is 6.16 Å². The Morgan fingerprint density at radius 2 is 0.919 bits per heavy atom. The molecule has 5 rings (SSSR count). The van der Waals surface area contributed by atoms with Crippen molar-refractivity contribution < 1.29 is 4.57 Å². The van der Waals surface area contributed by atoms with Gasteiger partial charge in [0.05, 0.1) is 0 Å². The van der Waals surface area contributed by atoms with Crippen LogP contribution < -0.4 is 10.6 Å². The highest BCUT2D eigenvalue weighted by Gasteiger charge is 2.38. The lowest BCUT2D eigenvalue weighted by Gasteiger charge is -2.17. The summed E-state index contributed by atoms with van der Waals surface area (Å²) >= 11 is 0. The zero-order valence-electron chi connectivity index (χ0n) is 22.6. The number of hydrogen-bond acceptors (Lipinski definition) is 1. The van der Waals surface area contributed by atoms with Crippen molar-refractivity contribution in [3.8, 4) is 33.4 Å². The molecule has 0 amide bonds. The van der Waals surface area contributed by atoms with E-state index >= 15 is 4.57 Å². The summed E-state index contributed by atoms with van der Waals surface area (Å²) in [6.45, 7) is 6.49. The van der Waals surface area contributed by atoms with Crippen molar-refractivity contribution in [3.05, 3.63) is 96.1 Å². The first kappa shape index (κ1) is 25.7. The molecule has 1 heterocycles. The van der Waals surface area contributed by atoms with Crippen LogP contribution in [0.25, 0.3) is 33.4 Å². The second-order valence-corrected chi connectivity index (χ2v) is 13.7. The van der Waals surface area contributed by atoms with Crippen LogP contribution in [0.3, 0.4) is 0 Å². The van der Waals surface area contributed by atoms with Crippen LogP contribution in [0.1, 0.15) is 63.0 Å². The molecule has 37 heavy (non-hydrogen) atoms. The molecule has 2 heteroatoms. The van der Waals surface area contributed by atoms with Gasteiger partial charge in [-0.2, -0.15) is 0 Å². The summed E-state index contributed by atoms with van der Waals surface area (Å²) in [5.41, 5.74) is 9.52. The third kappa shape index (κ3) is 5.39. The van der Waals surface area contributed by atoms with Gasteiger partial charge in [0.1, 0.15) is 7.14 Å². The monoisotopic (exact) mass is 506 g/mol. The molecule has 0 unspecified atom stereocenters. The quantitative estimate of drug-likeness (QED) is 0.155. The Bertz CT molecular complexity index is 1310. The molecule has 0 saturated heterocycles. The standard InChI is InChI=1S/C35H39OP/c1-4-5-6-7-8-9-10-23-37(36)34-24-30(28-15-11-26(2)12-16-28)19-21-32(34)33-22-20-31(25-35(33)37)29-17-13-27(3)14-18-29/h11-22,24-25H,4-10,23H2,1-3H3. The molecule has 0 N–H and O–H groups in total. The average Bonchev–Trinajstić information content (AvgIpc) is 3.16. The normalized spacial score (nSPS) is 13.4. The number of hydrogen-bond donors (Lipinski definition) is 0. The summed E-state index contributed by atoms with van der Waals surface area (Å²) in [6.07, 6.45) is 9.39. The zero-order chi connectivity index (χ0) is 25.8. The van der Waals surface area contributed by atoms with Crippen molar-refractivity contribution in [2.75, 3.05) is 6.16 Å². The van der Waals surface area contributed by atoms with Gasteiger partial charge in [-0.25, -0.2) is 0 Å². The summed E-state index contributed by atoms with van der Waals surface area (Å²) in [5.74, 6) is 0. The Balaban J connectivity index is 1.51. The third-order valence-electron chi connectivity index (χ3n) is 7.91. The van der Waals surface area contributed by atoms with E-state index in [-0.39, 0.29) is 0 Å². The maximum Gasteiger partial charge on any atom is 0.144 e. The zero-order valence-corrected chi connectivity index (χ0v) is 23.5. The van der Waals surface area contributed by atoms with Gasteiger partial charge in [-0.3, -0.25) is 0 Å². The Hall–Kier alpha value is -2.89. The number of aryl methyl sites for hydroxylation is 2. The fourth-order valence-electron chi connectivity index (χ4n) is 5.63. The van der Waals surface area contributed by atoms with E-state index in [0.717, 1.165) is 51.9 Å². The molecule has 0 fully saturated rings. The van der Waals surface area contributed by atoms with Crippen LogP contribution in [0, 0.1) is 13.8 Å². The second-order valence-electron chi connectivity index (χ2n) is 10.8. The van der Waals surface area contributed by atoms with Crippen LogP contribution in [0.2, 0.25) is 0 Å². The molecule has 1 aliphatic heterocycles. The van der Waals surface area contributed by atoms with E-state index in [4.69, 9.17) is 0 Å². The SMILES string of the molecule is CCCCCCCCCP1(=O)c2cc(-c3ccc(C)cc3)ccc2-c2ccc(-c3ccc(C)cc3)cc21. The molecule has 0 atom stereocenters. The van der Waals surface area contributed by atoms with E-state index in [2.05, 4.69) is 106 Å². The van der Waals surface area contributed by atoms with Gasteiger partial charge in [0.2, 0.25) is 0 Å². The maximum absolute atomic E-state index is 15.1. The number of rotatable bonds is 10. The molecule has 0 spiro atoms. The lowest BCUT2D eigenvalue weighted by atomic mass is 9.97. The van der Waals surface area contributed by atoms with Gasteiger partial charge < -0.3 is 4.57 Å². The molecule has 0 radical (unpaired) electrons. The van der Waals surface area contributed by atoms with Crippen molar-refractivity contribution in [2.45, 2.75) is 65.7 Å². The van der Waals surface area contributed by atoms with Gasteiger partial charge in [-0.15, -0.1) is 0 Å². The van der Waals surface area contributed by atoms with Crippen molar-refractivity contribution in [3.63, 3.8) is 0 Å². The van der Waals surface area contributed by atoms with Gasteiger partial charge in [0.25, 0.3) is 0 Å². The molecule has 0 saturated carbocycles. The minimum absolute atomic E-state index is 0.759. The van der Waals surface area contributed by atoms with E-state index in [0.29, 0.717) is 0 Å². The minimum atomic E-state index is -2.73. The molecule has 4 aromatic carbocycles. The van der Waals surface area contributed by atoms with Gasteiger partial charge >= 0.3 is 0 Å². The van der Waals surface area contributed by atoms with Gasteiger partial charge in [0.15, 0.2) is 0 Å². The third-order valence-corrected chi connectivity index (χ3v) is 11.2. The second kappa shape index (κ2) is 11.2. The smallest absolute Gasteiger partial charge is 0.144 e. The largest absolute Gasteiger partial charge is 0.314 e. The maximum atomic E-state index is 15.1. The van der Waals surface area contributed by atoms with Crippen LogP contribution in [0.5, 0.6) is 0 Å². The van der Waals surface area contributed by atoms with Gasteiger partial charge in [-0.1, -0.05) is 129 Å². The summed E-state index contributed by atoms with van der Waals surface area (Å²) < 4.78 is 15.1. The van der Waals surface area contributed by atoms with Crippen molar-refractivity contribution in [1.82, 2.24) is 0 Å². The molecule has 1 nitrogen and oxygen atoms in total. The Kier molecular flexibility index (Phi) is 7.82. The summed E-state index contributed by atoms with van der Waals surface area (Å²) in [5, 5.41) is 2.13. The van der Waals surface area contributed by atoms with E-state index in [1.165, 1.54) is 54.4 Å². The molecule has 1 aliphatic rings. The average molecular weight is 507 g/mol. The number of benzene rings is 4. The topological polar surface area (TPSA) is 17.1 Å². The summed E-state index contributed by atoms with van der Waals surface area (Å²) in [6, 6.07) is 30.6. The van der Waals surface area contributed by atoms with Gasteiger partial charge in [0, 0.05) is 16.8 Å². The summed E-state index contributed by atoms with van der Waals surface area (Å²) in [7, 11) is -2.73. The summed E-state index contributed by atoms with van der Waals surface area (Å²) in [4.78, 5) is 0. The number of fused-ring (bicyclic) bond motifs is 3. The molecule has 190 valence electrons. The predicted molar refractivity (Wildman–Crippen MR) is 162 cm³/mol. The fraction of sp³-hybridized carbons (Fsp3) is 0.314. The molecular weight excluding hydrogens is 467 g/mol. The van der Waals surface area contributed by atoms with Crippen LogP contribution in [0.15, 0.2) is 84.9 Å². The molecule has 0 aliphatic carbocycles. The Morgan fingerprint density at radius 1 is 0.514 bits per heavy atom. The Morgan fingerprint density at radius 3 is 1.38 bits per heavy atom. The highest BCUT2D eigenvalue weighted by atomic mass is 31.2. The van der Waals surface area contributed by atoms with E-state index in [1.807, 2.05) is 0 Å². The van der Waals surface area contributed by atoms with Crippen molar-refractivity contribution in [1.29, 1.82) is 0 Å². The predicted octanol–water partition coefficient (Wildman–Crippen LogP) is 9.68. The van der Waals surface area contributed by atoms with Crippen LogP contribution >= 0.6 is 7.14 Å². The highest BCUT2D eigenvalue weighted by molar-refractivity contribution is 7.80. The van der Waals surface area contributed by atoms with Crippen molar-refractivity contribution >= 4 is 17.8 Å². The van der Waals surface area contributed by atoms with E-state index < -0.39 is 7.14 Å². The minimum Gasteiger partial charge on any atom is -0.314 e. The van der Waals surface area contributed by atoms with Gasteiger partial charge in [-0.05, 0) is 65.8 Å². The van der Waals surface area contributed by atoms with E-state index in [1.54, 1.807) is 0 Å². The van der Waals surface area contributed by atoms with E-state index in [9.17, 15) is 0 Å². The first-order valence-corrected chi connectivity index (χ1v) is 15.9. The lowest BCUT2D eigenvalue weighted by Crippen LogP contribution is -2.14. The lowest BCUT2D eigenvalue weighted by molar-refractivity contribution is 0.577.